The van der Waals surface area contributed by atoms with Gasteiger partial charge in [-0.3, -0.25) is 0 Å². The number of carboxylic acids is 1. The van der Waals surface area contributed by atoms with E-state index in [1.807, 2.05) is 12.1 Å². The Kier molecular flexibility index (Phi) is 3.58. The van der Waals surface area contributed by atoms with E-state index in [2.05, 4.69) is 4.98 Å². The van der Waals surface area contributed by atoms with E-state index >= 15 is 0 Å². The molecule has 0 aliphatic heterocycles. The van der Waals surface area contributed by atoms with Gasteiger partial charge in [0.2, 0.25) is 0 Å². The van der Waals surface area contributed by atoms with Crippen LogP contribution in [0.5, 0.6) is 0 Å². The van der Waals surface area contributed by atoms with E-state index in [4.69, 9.17) is 0 Å². The fourth-order valence-electron chi connectivity index (χ4n) is 1.96. The summed E-state index contributed by atoms with van der Waals surface area (Å²) in [6.07, 6.45) is 0. The summed E-state index contributed by atoms with van der Waals surface area (Å²) in [7, 11) is 0. The number of rotatable bonds is 3. The van der Waals surface area contributed by atoms with Crippen LogP contribution in [0.25, 0.3) is 10.9 Å². The standard InChI is InChI=1S/C16H10FNO2S/c17-12-6-2-4-8-14(12)21-15-11(16(19)20)9-10-5-1-3-7-13(10)18-15/h1-9H,(H,19,20). The molecule has 0 saturated carbocycles. The quantitative estimate of drug-likeness (QED) is 0.786. The van der Waals surface area contributed by atoms with Crippen LogP contribution in [0.3, 0.4) is 0 Å². The molecule has 2 aromatic carbocycles. The molecular formula is C16H10FNO2S. The van der Waals surface area contributed by atoms with Gasteiger partial charge in [0.05, 0.1) is 11.1 Å². The molecule has 0 atom stereocenters. The third-order valence-electron chi connectivity index (χ3n) is 2.96. The number of pyridine rings is 1. The number of nitrogens with zero attached hydrogens (tertiary/aromatic N) is 1. The number of para-hydroxylation sites is 1. The van der Waals surface area contributed by atoms with Crippen molar-refractivity contribution in [2.45, 2.75) is 9.92 Å². The summed E-state index contributed by atoms with van der Waals surface area (Å²) >= 11 is 1.02. The molecule has 0 bridgehead atoms. The van der Waals surface area contributed by atoms with Gasteiger partial charge in [0.15, 0.2) is 0 Å². The van der Waals surface area contributed by atoms with Gasteiger partial charge in [0, 0.05) is 10.3 Å². The first-order chi connectivity index (χ1) is 10.1. The summed E-state index contributed by atoms with van der Waals surface area (Å²) in [4.78, 5) is 16.1. The van der Waals surface area contributed by atoms with Gasteiger partial charge in [-0.2, -0.15) is 0 Å². The van der Waals surface area contributed by atoms with Gasteiger partial charge in [-0.25, -0.2) is 14.2 Å². The molecule has 0 saturated heterocycles. The summed E-state index contributed by atoms with van der Waals surface area (Å²) in [5, 5.41) is 10.4. The molecule has 0 spiro atoms. The number of aromatic carboxylic acids is 1. The second-order valence-electron chi connectivity index (χ2n) is 4.37. The van der Waals surface area contributed by atoms with E-state index in [0.29, 0.717) is 10.4 Å². The van der Waals surface area contributed by atoms with Crippen molar-refractivity contribution in [3.8, 4) is 0 Å². The predicted molar refractivity (Wildman–Crippen MR) is 79.2 cm³/mol. The molecule has 3 aromatic rings. The smallest absolute Gasteiger partial charge is 0.338 e. The molecule has 0 aliphatic carbocycles. The van der Waals surface area contributed by atoms with Crippen molar-refractivity contribution in [2.75, 3.05) is 0 Å². The Morgan fingerprint density at radius 1 is 1.10 bits per heavy atom. The first-order valence-corrected chi connectivity index (χ1v) is 7.02. The Labute approximate surface area is 124 Å². The lowest BCUT2D eigenvalue weighted by Gasteiger charge is -2.07. The van der Waals surface area contributed by atoms with Crippen molar-refractivity contribution in [3.63, 3.8) is 0 Å². The summed E-state index contributed by atoms with van der Waals surface area (Å²) in [5.74, 6) is -1.47. The van der Waals surface area contributed by atoms with Gasteiger partial charge >= 0.3 is 5.97 Å². The number of carbonyl (C=O) groups is 1. The Morgan fingerprint density at radius 2 is 1.81 bits per heavy atom. The van der Waals surface area contributed by atoms with E-state index < -0.39 is 11.8 Å². The Morgan fingerprint density at radius 3 is 2.57 bits per heavy atom. The number of hydrogen-bond acceptors (Lipinski definition) is 3. The highest BCUT2D eigenvalue weighted by Gasteiger charge is 2.15. The van der Waals surface area contributed by atoms with Gasteiger partial charge < -0.3 is 5.11 Å². The molecule has 104 valence electrons. The maximum absolute atomic E-state index is 13.7. The average Bonchev–Trinajstić information content (AvgIpc) is 2.48. The number of fused-ring (bicyclic) bond motifs is 1. The van der Waals surface area contributed by atoms with E-state index in [1.165, 1.54) is 6.07 Å². The third kappa shape index (κ3) is 2.73. The highest BCUT2D eigenvalue weighted by Crippen LogP contribution is 2.32. The maximum Gasteiger partial charge on any atom is 0.338 e. The van der Waals surface area contributed by atoms with E-state index in [1.54, 1.807) is 36.4 Å². The summed E-state index contributed by atoms with van der Waals surface area (Å²) in [5.41, 5.74) is 0.753. The minimum Gasteiger partial charge on any atom is -0.478 e. The number of halogens is 1. The second-order valence-corrected chi connectivity index (χ2v) is 5.40. The first-order valence-electron chi connectivity index (χ1n) is 6.20. The van der Waals surface area contributed by atoms with Crippen LogP contribution >= 0.6 is 11.8 Å². The second kappa shape index (κ2) is 5.54. The molecule has 21 heavy (non-hydrogen) atoms. The molecule has 0 radical (unpaired) electrons. The van der Waals surface area contributed by atoms with Gasteiger partial charge in [-0.05, 0) is 24.3 Å². The van der Waals surface area contributed by atoms with Gasteiger partial charge in [-0.1, -0.05) is 42.1 Å². The van der Waals surface area contributed by atoms with Gasteiger partial charge in [-0.15, -0.1) is 0 Å². The molecule has 0 unspecified atom stereocenters. The van der Waals surface area contributed by atoms with Crippen molar-refractivity contribution >= 4 is 28.6 Å². The Bertz CT molecular complexity index is 835. The fourth-order valence-corrected chi connectivity index (χ4v) is 2.88. The van der Waals surface area contributed by atoms with Crippen molar-refractivity contribution < 1.29 is 14.3 Å². The number of aromatic nitrogens is 1. The lowest BCUT2D eigenvalue weighted by molar-refractivity contribution is 0.0692. The highest BCUT2D eigenvalue weighted by atomic mass is 32.2. The molecule has 3 nitrogen and oxygen atoms in total. The van der Waals surface area contributed by atoms with Crippen molar-refractivity contribution in [2.24, 2.45) is 0 Å². The number of benzene rings is 2. The molecule has 0 amide bonds. The fraction of sp³-hybridized carbons (Fsp3) is 0. The molecule has 1 N–H and O–H groups in total. The Hall–Kier alpha value is -2.40. The van der Waals surface area contributed by atoms with Crippen LogP contribution in [0.1, 0.15) is 10.4 Å². The predicted octanol–water partition coefficient (Wildman–Crippen LogP) is 4.22. The molecule has 1 heterocycles. The zero-order chi connectivity index (χ0) is 14.8. The van der Waals surface area contributed by atoms with Crippen molar-refractivity contribution in [3.05, 3.63) is 66.0 Å². The zero-order valence-corrected chi connectivity index (χ0v) is 11.6. The minimum atomic E-state index is -1.08. The number of carboxylic acid groups (broad SMARTS) is 1. The van der Waals surface area contributed by atoms with E-state index in [0.717, 1.165) is 17.1 Å². The molecule has 0 fully saturated rings. The SMILES string of the molecule is O=C(O)c1cc2ccccc2nc1Sc1ccccc1F. The van der Waals surface area contributed by atoms with E-state index in [9.17, 15) is 14.3 Å². The third-order valence-corrected chi connectivity index (χ3v) is 4.02. The normalized spacial score (nSPS) is 10.7. The van der Waals surface area contributed by atoms with Crippen LogP contribution in [-0.4, -0.2) is 16.1 Å². The van der Waals surface area contributed by atoms with Crippen molar-refractivity contribution in [1.29, 1.82) is 0 Å². The lowest BCUT2D eigenvalue weighted by atomic mass is 10.1. The molecule has 1 aromatic heterocycles. The first kappa shape index (κ1) is 13.6. The van der Waals surface area contributed by atoms with Crippen LogP contribution in [-0.2, 0) is 0 Å². The van der Waals surface area contributed by atoms with Crippen LogP contribution in [0.4, 0.5) is 4.39 Å². The maximum atomic E-state index is 13.7. The summed E-state index contributed by atoms with van der Waals surface area (Å²) in [6, 6.07) is 15.0. The summed E-state index contributed by atoms with van der Waals surface area (Å²) < 4.78 is 13.7. The van der Waals surface area contributed by atoms with Gasteiger partial charge in [0.25, 0.3) is 0 Å². The molecule has 0 aliphatic rings. The Balaban J connectivity index is 2.14. The highest BCUT2D eigenvalue weighted by molar-refractivity contribution is 7.99. The topological polar surface area (TPSA) is 50.2 Å². The largest absolute Gasteiger partial charge is 0.478 e. The zero-order valence-electron chi connectivity index (χ0n) is 10.8. The average molecular weight is 299 g/mol. The van der Waals surface area contributed by atoms with Gasteiger partial charge in [0.1, 0.15) is 10.8 Å². The van der Waals surface area contributed by atoms with E-state index in [-0.39, 0.29) is 10.6 Å². The van der Waals surface area contributed by atoms with Crippen LogP contribution < -0.4 is 0 Å². The molecule has 5 heteroatoms. The minimum absolute atomic E-state index is 0.0713. The van der Waals surface area contributed by atoms with Crippen molar-refractivity contribution in [1.82, 2.24) is 4.98 Å². The monoisotopic (exact) mass is 299 g/mol. The lowest BCUT2D eigenvalue weighted by Crippen LogP contribution is -2.01. The van der Waals surface area contributed by atoms with Crippen LogP contribution in [0, 0.1) is 5.82 Å². The van der Waals surface area contributed by atoms with Crippen LogP contribution in [0.15, 0.2) is 64.5 Å². The summed E-state index contributed by atoms with van der Waals surface area (Å²) in [6.45, 7) is 0. The molecular weight excluding hydrogens is 289 g/mol. The van der Waals surface area contributed by atoms with Crippen LogP contribution in [0.2, 0.25) is 0 Å². The number of hydrogen-bond donors (Lipinski definition) is 1. The molecule has 3 rings (SSSR count).